The molecule has 104 valence electrons. The Kier molecular flexibility index (Phi) is 3.99. The van der Waals surface area contributed by atoms with Crippen LogP contribution in [0.5, 0.6) is 5.75 Å². The molecule has 0 aliphatic rings. The van der Waals surface area contributed by atoms with Gasteiger partial charge in [0.05, 0.1) is 14.2 Å². The summed E-state index contributed by atoms with van der Waals surface area (Å²) in [6.45, 7) is 0. The number of nitrogens with zero attached hydrogens (tertiary/aromatic N) is 2. The zero-order valence-electron chi connectivity index (χ0n) is 11.1. The predicted octanol–water partition coefficient (Wildman–Crippen LogP) is 1.60. The Balaban J connectivity index is 2.31. The van der Waals surface area contributed by atoms with Gasteiger partial charge in [0.15, 0.2) is 0 Å². The lowest BCUT2D eigenvalue weighted by Crippen LogP contribution is -2.05. The molecule has 0 bridgehead atoms. The first kappa shape index (κ1) is 13.6. The van der Waals surface area contributed by atoms with Gasteiger partial charge in [0, 0.05) is 11.9 Å². The molecule has 7 heteroatoms. The lowest BCUT2D eigenvalue weighted by atomic mass is 10.1. The second-order valence-corrected chi connectivity index (χ2v) is 3.83. The van der Waals surface area contributed by atoms with Crippen molar-refractivity contribution in [3.05, 3.63) is 36.0 Å². The van der Waals surface area contributed by atoms with Crippen LogP contribution in [0, 0.1) is 0 Å². The van der Waals surface area contributed by atoms with Crippen molar-refractivity contribution in [2.75, 3.05) is 25.3 Å². The zero-order chi connectivity index (χ0) is 14.5. The summed E-state index contributed by atoms with van der Waals surface area (Å²) in [5.41, 5.74) is 6.48. The number of methoxy groups -OCH3 is 2. The summed E-state index contributed by atoms with van der Waals surface area (Å²) in [6, 6.07) is 6.70. The first-order chi connectivity index (χ1) is 9.63. The molecule has 0 fully saturated rings. The Morgan fingerprint density at radius 1 is 1.30 bits per heavy atom. The van der Waals surface area contributed by atoms with Crippen molar-refractivity contribution < 1.29 is 14.3 Å². The van der Waals surface area contributed by atoms with E-state index in [0.717, 1.165) is 0 Å². The zero-order valence-corrected chi connectivity index (χ0v) is 11.1. The maximum absolute atomic E-state index is 11.7. The summed E-state index contributed by atoms with van der Waals surface area (Å²) >= 11 is 0. The Labute approximate surface area is 115 Å². The average molecular weight is 274 g/mol. The number of ether oxygens (including phenoxy) is 2. The average Bonchev–Trinajstić information content (AvgIpc) is 2.46. The number of carbonyl (C=O) groups is 1. The second-order valence-electron chi connectivity index (χ2n) is 3.83. The molecule has 0 saturated heterocycles. The molecule has 2 aromatic rings. The van der Waals surface area contributed by atoms with Gasteiger partial charge in [0.25, 0.3) is 0 Å². The molecular weight excluding hydrogens is 260 g/mol. The summed E-state index contributed by atoms with van der Waals surface area (Å²) in [6.07, 6.45) is 1.54. The number of aromatic nitrogens is 2. The number of carbonyl (C=O) groups excluding carboxylic acids is 1. The molecule has 0 atom stereocenters. The van der Waals surface area contributed by atoms with Crippen molar-refractivity contribution in [1.29, 1.82) is 0 Å². The van der Waals surface area contributed by atoms with Crippen LogP contribution in [0.3, 0.4) is 0 Å². The Bertz CT molecular complexity index is 631. The van der Waals surface area contributed by atoms with Gasteiger partial charge < -0.3 is 20.5 Å². The van der Waals surface area contributed by atoms with E-state index in [1.165, 1.54) is 20.4 Å². The molecule has 0 aliphatic heterocycles. The van der Waals surface area contributed by atoms with Crippen molar-refractivity contribution in [2.24, 2.45) is 0 Å². The van der Waals surface area contributed by atoms with Crippen molar-refractivity contribution in [1.82, 2.24) is 9.97 Å². The molecule has 1 heterocycles. The van der Waals surface area contributed by atoms with Crippen molar-refractivity contribution in [3.63, 3.8) is 0 Å². The molecule has 0 aliphatic carbocycles. The van der Waals surface area contributed by atoms with E-state index >= 15 is 0 Å². The highest BCUT2D eigenvalue weighted by Crippen LogP contribution is 2.25. The van der Waals surface area contributed by atoms with E-state index in [1.54, 1.807) is 24.3 Å². The van der Waals surface area contributed by atoms with Gasteiger partial charge in [-0.25, -0.2) is 9.78 Å². The fourth-order valence-corrected chi connectivity index (χ4v) is 1.65. The SMILES string of the molecule is COC(=O)c1cc(Nc2ccnc(N)n2)ccc1OC. The third-order valence-corrected chi connectivity index (χ3v) is 2.55. The molecule has 1 aromatic carbocycles. The predicted molar refractivity (Wildman–Crippen MR) is 74.1 cm³/mol. The fraction of sp³-hybridized carbons (Fsp3) is 0.154. The molecule has 1 aromatic heterocycles. The van der Waals surface area contributed by atoms with Crippen LogP contribution in [-0.2, 0) is 4.74 Å². The summed E-state index contributed by atoms with van der Waals surface area (Å²) in [4.78, 5) is 19.5. The van der Waals surface area contributed by atoms with Crippen LogP contribution in [0.4, 0.5) is 17.5 Å². The monoisotopic (exact) mass is 274 g/mol. The van der Waals surface area contributed by atoms with Crippen LogP contribution < -0.4 is 15.8 Å². The minimum Gasteiger partial charge on any atom is -0.496 e. The standard InChI is InChI=1S/C13H14N4O3/c1-19-10-4-3-8(7-9(10)12(18)20-2)16-11-5-6-15-13(14)17-11/h3-7H,1-2H3,(H3,14,15,16,17). The number of anilines is 3. The molecule has 0 saturated carbocycles. The van der Waals surface area contributed by atoms with Gasteiger partial charge >= 0.3 is 5.97 Å². The van der Waals surface area contributed by atoms with Gasteiger partial charge in [-0.05, 0) is 24.3 Å². The van der Waals surface area contributed by atoms with Crippen LogP contribution in [0.15, 0.2) is 30.5 Å². The van der Waals surface area contributed by atoms with Crippen LogP contribution in [0.1, 0.15) is 10.4 Å². The van der Waals surface area contributed by atoms with E-state index < -0.39 is 5.97 Å². The minimum atomic E-state index is -0.479. The first-order valence-corrected chi connectivity index (χ1v) is 5.76. The molecule has 2 rings (SSSR count). The fourth-order valence-electron chi connectivity index (χ4n) is 1.65. The third-order valence-electron chi connectivity index (χ3n) is 2.55. The van der Waals surface area contributed by atoms with Gasteiger partial charge in [-0.1, -0.05) is 0 Å². The highest BCUT2D eigenvalue weighted by molar-refractivity contribution is 5.93. The number of nitrogen functional groups attached to an aromatic ring is 1. The normalized spacial score (nSPS) is 9.90. The second kappa shape index (κ2) is 5.87. The van der Waals surface area contributed by atoms with Crippen molar-refractivity contribution >= 4 is 23.4 Å². The summed E-state index contributed by atoms with van der Waals surface area (Å²) in [5, 5.41) is 3.02. The summed E-state index contributed by atoms with van der Waals surface area (Å²) < 4.78 is 9.83. The van der Waals surface area contributed by atoms with E-state index in [0.29, 0.717) is 22.8 Å². The van der Waals surface area contributed by atoms with E-state index in [-0.39, 0.29) is 5.95 Å². The number of esters is 1. The molecule has 7 nitrogen and oxygen atoms in total. The third kappa shape index (κ3) is 2.94. The molecule has 0 unspecified atom stereocenters. The molecule has 0 radical (unpaired) electrons. The van der Waals surface area contributed by atoms with Gasteiger partial charge in [-0.2, -0.15) is 4.98 Å². The van der Waals surface area contributed by atoms with Crippen molar-refractivity contribution in [3.8, 4) is 5.75 Å². The number of hydrogen-bond donors (Lipinski definition) is 2. The largest absolute Gasteiger partial charge is 0.496 e. The molecule has 0 spiro atoms. The van der Waals surface area contributed by atoms with Crippen LogP contribution in [0.25, 0.3) is 0 Å². The highest BCUT2D eigenvalue weighted by atomic mass is 16.5. The first-order valence-electron chi connectivity index (χ1n) is 5.76. The highest BCUT2D eigenvalue weighted by Gasteiger charge is 2.13. The summed E-state index contributed by atoms with van der Waals surface area (Å²) in [5.74, 6) is 0.646. The van der Waals surface area contributed by atoms with Crippen molar-refractivity contribution in [2.45, 2.75) is 0 Å². The topological polar surface area (TPSA) is 99.4 Å². The van der Waals surface area contributed by atoms with Crippen LogP contribution in [0.2, 0.25) is 0 Å². The molecular formula is C13H14N4O3. The van der Waals surface area contributed by atoms with E-state index in [9.17, 15) is 4.79 Å². The maximum atomic E-state index is 11.7. The van der Waals surface area contributed by atoms with E-state index in [4.69, 9.17) is 15.2 Å². The number of nitrogens with one attached hydrogen (secondary N) is 1. The Hall–Kier alpha value is -2.83. The maximum Gasteiger partial charge on any atom is 0.341 e. The molecule has 0 amide bonds. The van der Waals surface area contributed by atoms with E-state index in [1.807, 2.05) is 0 Å². The van der Waals surface area contributed by atoms with Gasteiger partial charge in [-0.15, -0.1) is 0 Å². The van der Waals surface area contributed by atoms with Gasteiger partial charge in [-0.3, -0.25) is 0 Å². The van der Waals surface area contributed by atoms with Gasteiger partial charge in [0.1, 0.15) is 17.1 Å². The van der Waals surface area contributed by atoms with Gasteiger partial charge in [0.2, 0.25) is 5.95 Å². The molecule has 20 heavy (non-hydrogen) atoms. The lowest BCUT2D eigenvalue weighted by Gasteiger charge is -2.10. The van der Waals surface area contributed by atoms with Crippen LogP contribution in [-0.4, -0.2) is 30.2 Å². The Morgan fingerprint density at radius 3 is 2.75 bits per heavy atom. The number of hydrogen-bond acceptors (Lipinski definition) is 7. The van der Waals surface area contributed by atoms with E-state index in [2.05, 4.69) is 15.3 Å². The van der Waals surface area contributed by atoms with Crippen LogP contribution >= 0.6 is 0 Å². The number of nitrogens with two attached hydrogens (primary N) is 1. The lowest BCUT2D eigenvalue weighted by molar-refractivity contribution is 0.0597. The Morgan fingerprint density at radius 2 is 2.10 bits per heavy atom. The number of rotatable bonds is 4. The smallest absolute Gasteiger partial charge is 0.341 e. The summed E-state index contributed by atoms with van der Waals surface area (Å²) in [7, 11) is 2.80. The number of benzene rings is 1. The quantitative estimate of drug-likeness (QED) is 0.817. The minimum absolute atomic E-state index is 0.164. The molecule has 3 N–H and O–H groups in total.